The van der Waals surface area contributed by atoms with Gasteiger partial charge in [0.05, 0.1) is 0 Å². The van der Waals surface area contributed by atoms with Crippen molar-refractivity contribution in [3.63, 3.8) is 0 Å². The monoisotopic (exact) mass is 269 g/mol. The molecule has 0 bridgehead atoms. The average molecular weight is 269 g/mol. The minimum Gasteiger partial charge on any atom is -0.316 e. The summed E-state index contributed by atoms with van der Waals surface area (Å²) in [6.45, 7) is 3.82. The van der Waals surface area contributed by atoms with Crippen LogP contribution in [0.3, 0.4) is 0 Å². The first kappa shape index (κ1) is 15.2. The van der Waals surface area contributed by atoms with Crippen molar-refractivity contribution in [1.82, 2.24) is 5.32 Å². The lowest BCUT2D eigenvalue weighted by Gasteiger charge is -2.37. The van der Waals surface area contributed by atoms with Gasteiger partial charge in [0.15, 0.2) is 0 Å². The van der Waals surface area contributed by atoms with Gasteiger partial charge in [0.1, 0.15) is 0 Å². The highest BCUT2D eigenvalue weighted by molar-refractivity contribution is 8.00. The maximum atomic E-state index is 12.1. The molecule has 102 valence electrons. The molecule has 17 heavy (non-hydrogen) atoms. The number of hydrogen-bond donors (Lipinski definition) is 1. The molecule has 5 heteroatoms. The second kappa shape index (κ2) is 6.88. The highest BCUT2D eigenvalue weighted by Crippen LogP contribution is 2.41. The Morgan fingerprint density at radius 1 is 1.18 bits per heavy atom. The lowest BCUT2D eigenvalue weighted by molar-refractivity contribution is -0.0329. The van der Waals surface area contributed by atoms with E-state index in [1.807, 2.05) is 6.92 Å². The van der Waals surface area contributed by atoms with E-state index < -0.39 is 5.51 Å². The third-order valence-corrected chi connectivity index (χ3v) is 4.30. The number of hydrogen-bond acceptors (Lipinski definition) is 2. The Morgan fingerprint density at radius 2 is 1.82 bits per heavy atom. The first-order valence-electron chi connectivity index (χ1n) is 6.39. The van der Waals surface area contributed by atoms with Gasteiger partial charge >= 0.3 is 5.51 Å². The summed E-state index contributed by atoms with van der Waals surface area (Å²) in [7, 11) is 0. The molecule has 0 saturated heterocycles. The molecular weight excluding hydrogens is 247 g/mol. The van der Waals surface area contributed by atoms with Gasteiger partial charge in [-0.25, -0.2) is 0 Å². The summed E-state index contributed by atoms with van der Waals surface area (Å²) in [5.74, 6) is 0.203. The number of alkyl halides is 3. The Hall–Kier alpha value is 0.100. The van der Waals surface area contributed by atoms with Crippen LogP contribution < -0.4 is 5.32 Å². The number of halogens is 3. The van der Waals surface area contributed by atoms with Crippen LogP contribution >= 0.6 is 11.8 Å². The maximum Gasteiger partial charge on any atom is 0.441 e. The standard InChI is InChI=1S/C12H22F3NS/c1-2-16-10-11(6-4-3-5-7-11)8-9-17-12(13,14)15/h16H,2-10H2,1H3. The van der Waals surface area contributed by atoms with Gasteiger partial charge in [-0.1, -0.05) is 37.9 Å². The summed E-state index contributed by atoms with van der Waals surface area (Å²) in [5, 5.41) is 3.32. The second-order valence-corrected chi connectivity index (χ2v) is 6.05. The van der Waals surface area contributed by atoms with Gasteiger partial charge in [0, 0.05) is 12.3 Å². The predicted octanol–water partition coefficient (Wildman–Crippen LogP) is 4.19. The average Bonchev–Trinajstić information content (AvgIpc) is 2.26. The molecule has 0 spiro atoms. The van der Waals surface area contributed by atoms with Crippen LogP contribution in [0.1, 0.15) is 45.4 Å². The molecule has 1 fully saturated rings. The third kappa shape index (κ3) is 6.00. The molecular formula is C12H22F3NS. The fraction of sp³-hybridized carbons (Fsp3) is 1.00. The Bertz CT molecular complexity index is 212. The van der Waals surface area contributed by atoms with E-state index in [2.05, 4.69) is 5.32 Å². The van der Waals surface area contributed by atoms with E-state index in [0.717, 1.165) is 25.9 Å². The maximum absolute atomic E-state index is 12.1. The van der Waals surface area contributed by atoms with Gasteiger partial charge < -0.3 is 5.32 Å². The van der Waals surface area contributed by atoms with Crippen LogP contribution in [-0.2, 0) is 0 Å². The van der Waals surface area contributed by atoms with E-state index in [9.17, 15) is 13.2 Å². The highest BCUT2D eigenvalue weighted by Gasteiger charge is 2.34. The molecule has 0 atom stereocenters. The van der Waals surface area contributed by atoms with Crippen LogP contribution in [0.2, 0.25) is 0 Å². The molecule has 0 aromatic rings. The third-order valence-electron chi connectivity index (χ3n) is 3.56. The molecule has 1 N–H and O–H groups in total. The fourth-order valence-electron chi connectivity index (χ4n) is 2.59. The van der Waals surface area contributed by atoms with Crippen LogP contribution in [-0.4, -0.2) is 24.4 Å². The smallest absolute Gasteiger partial charge is 0.316 e. The molecule has 1 aliphatic carbocycles. The zero-order valence-corrected chi connectivity index (χ0v) is 11.2. The molecule has 0 aliphatic heterocycles. The van der Waals surface area contributed by atoms with Crippen molar-refractivity contribution in [1.29, 1.82) is 0 Å². The minimum atomic E-state index is -4.08. The van der Waals surface area contributed by atoms with Gasteiger partial charge in [-0.3, -0.25) is 0 Å². The zero-order valence-electron chi connectivity index (χ0n) is 10.4. The largest absolute Gasteiger partial charge is 0.441 e. The Balaban J connectivity index is 2.40. The van der Waals surface area contributed by atoms with Crippen molar-refractivity contribution in [2.45, 2.75) is 51.0 Å². The van der Waals surface area contributed by atoms with E-state index >= 15 is 0 Å². The van der Waals surface area contributed by atoms with Gasteiger partial charge in [-0.15, -0.1) is 0 Å². The lowest BCUT2D eigenvalue weighted by atomic mass is 9.72. The SMILES string of the molecule is CCNCC1(CCSC(F)(F)F)CCCCC1. The summed E-state index contributed by atoms with van der Waals surface area (Å²) in [6.07, 6.45) is 6.42. The number of rotatable bonds is 6. The number of thioether (sulfide) groups is 1. The molecule has 1 aliphatic rings. The summed E-state index contributed by atoms with van der Waals surface area (Å²) in [5.41, 5.74) is -3.96. The van der Waals surface area contributed by atoms with Gasteiger partial charge in [-0.05, 0) is 31.2 Å². The molecule has 1 saturated carbocycles. The quantitative estimate of drug-likeness (QED) is 0.776. The van der Waals surface area contributed by atoms with Crippen molar-refractivity contribution in [3.8, 4) is 0 Å². The Kier molecular flexibility index (Phi) is 6.13. The summed E-state index contributed by atoms with van der Waals surface area (Å²) in [4.78, 5) is 0. The van der Waals surface area contributed by atoms with Crippen molar-refractivity contribution in [2.75, 3.05) is 18.8 Å². The van der Waals surface area contributed by atoms with Crippen molar-refractivity contribution >= 4 is 11.8 Å². The minimum absolute atomic E-state index is 0.118. The van der Waals surface area contributed by atoms with Crippen LogP contribution in [0.25, 0.3) is 0 Å². The van der Waals surface area contributed by atoms with Gasteiger partial charge in [-0.2, -0.15) is 13.2 Å². The summed E-state index contributed by atoms with van der Waals surface area (Å²) >= 11 is 0.131. The van der Waals surface area contributed by atoms with Crippen molar-refractivity contribution in [3.05, 3.63) is 0 Å². The molecule has 0 radical (unpaired) electrons. The lowest BCUT2D eigenvalue weighted by Crippen LogP contribution is -2.36. The molecule has 0 heterocycles. The first-order chi connectivity index (χ1) is 7.97. The van der Waals surface area contributed by atoms with Crippen LogP contribution in [0, 0.1) is 5.41 Å². The topological polar surface area (TPSA) is 12.0 Å². The Morgan fingerprint density at radius 3 is 2.35 bits per heavy atom. The molecule has 0 amide bonds. The van der Waals surface area contributed by atoms with Crippen molar-refractivity contribution in [2.24, 2.45) is 5.41 Å². The molecule has 0 aromatic carbocycles. The van der Waals surface area contributed by atoms with E-state index in [4.69, 9.17) is 0 Å². The number of nitrogens with one attached hydrogen (secondary N) is 1. The zero-order chi connectivity index (χ0) is 12.8. The van der Waals surface area contributed by atoms with Gasteiger partial charge in [0.25, 0.3) is 0 Å². The van der Waals surface area contributed by atoms with Crippen LogP contribution in [0.5, 0.6) is 0 Å². The van der Waals surface area contributed by atoms with E-state index in [-0.39, 0.29) is 22.9 Å². The van der Waals surface area contributed by atoms with Crippen molar-refractivity contribution < 1.29 is 13.2 Å². The van der Waals surface area contributed by atoms with Crippen LogP contribution in [0.4, 0.5) is 13.2 Å². The van der Waals surface area contributed by atoms with E-state index in [0.29, 0.717) is 6.42 Å². The first-order valence-corrected chi connectivity index (χ1v) is 7.37. The van der Waals surface area contributed by atoms with E-state index in [1.165, 1.54) is 19.3 Å². The normalized spacial score (nSPS) is 20.5. The summed E-state index contributed by atoms with van der Waals surface area (Å²) < 4.78 is 36.4. The fourth-order valence-corrected chi connectivity index (χ4v) is 3.36. The van der Waals surface area contributed by atoms with Gasteiger partial charge in [0.2, 0.25) is 0 Å². The molecule has 1 nitrogen and oxygen atoms in total. The predicted molar refractivity (Wildman–Crippen MR) is 67.2 cm³/mol. The molecule has 1 rings (SSSR count). The van der Waals surface area contributed by atoms with Crippen LogP contribution in [0.15, 0.2) is 0 Å². The molecule has 0 aromatic heterocycles. The molecule has 0 unspecified atom stereocenters. The second-order valence-electron chi connectivity index (χ2n) is 4.89. The Labute approximate surface area is 106 Å². The van der Waals surface area contributed by atoms with E-state index in [1.54, 1.807) is 0 Å². The summed E-state index contributed by atoms with van der Waals surface area (Å²) in [6, 6.07) is 0. The highest BCUT2D eigenvalue weighted by atomic mass is 32.2.